The number of amidine groups is 1. The van der Waals surface area contributed by atoms with E-state index < -0.39 is 17.5 Å². The number of ether oxygens (including phenoxy) is 1. The molecule has 5 rings (SSSR count). The Labute approximate surface area is 292 Å². The minimum absolute atomic E-state index is 0.163. The van der Waals surface area contributed by atoms with Crippen molar-refractivity contribution in [3.05, 3.63) is 99.0 Å². The zero-order chi connectivity index (χ0) is 34.6. The summed E-state index contributed by atoms with van der Waals surface area (Å²) in [6, 6.07) is 21.7. The number of carbonyl (C=O) groups is 2. The van der Waals surface area contributed by atoms with E-state index in [0.717, 1.165) is 16.7 Å². The van der Waals surface area contributed by atoms with Crippen molar-refractivity contribution in [1.82, 2.24) is 19.8 Å². The molecule has 10 nitrogen and oxygen atoms in total. The fraction of sp³-hybridized carbons (Fsp3) is 0.389. The van der Waals surface area contributed by atoms with E-state index in [1.54, 1.807) is 16.8 Å². The van der Waals surface area contributed by atoms with E-state index in [-0.39, 0.29) is 18.5 Å². The monoisotopic (exact) mass is 690 g/mol. The first-order valence-corrected chi connectivity index (χ1v) is 16.6. The summed E-state index contributed by atoms with van der Waals surface area (Å²) in [5.41, 5.74) is 2.32. The lowest BCUT2D eigenvalue weighted by atomic mass is 9.85. The van der Waals surface area contributed by atoms with Crippen molar-refractivity contribution in [2.75, 3.05) is 53.5 Å². The number of halogens is 2. The van der Waals surface area contributed by atoms with Gasteiger partial charge in [-0.3, -0.25) is 24.4 Å². The van der Waals surface area contributed by atoms with Crippen LogP contribution in [0.25, 0.3) is 0 Å². The number of aliphatic imine (C=N–C) groups is 1. The Bertz CT molecular complexity index is 1700. The highest BCUT2D eigenvalue weighted by molar-refractivity contribution is 6.30. The summed E-state index contributed by atoms with van der Waals surface area (Å²) in [6.45, 7) is 8.04. The van der Waals surface area contributed by atoms with E-state index in [9.17, 15) is 14.9 Å². The van der Waals surface area contributed by atoms with Crippen molar-refractivity contribution in [3.8, 4) is 11.8 Å². The molecule has 3 amide bonds. The average Bonchev–Trinajstić information content (AvgIpc) is 3.49. The highest BCUT2D eigenvalue weighted by Crippen LogP contribution is 2.46. The minimum Gasteiger partial charge on any atom is -0.493 e. The maximum Gasteiger partial charge on any atom is 0.326 e. The van der Waals surface area contributed by atoms with E-state index in [4.69, 9.17) is 37.8 Å². The Hall–Kier alpha value is -4.14. The Kier molecular flexibility index (Phi) is 11.0. The summed E-state index contributed by atoms with van der Waals surface area (Å²) in [6.07, 6.45) is 0. The molecule has 2 heterocycles. The number of carbonyl (C=O) groups excluding carboxylic acids is 2. The molecule has 0 bridgehead atoms. The molecule has 0 aliphatic carbocycles. The molecule has 0 aromatic heterocycles. The molecule has 3 aromatic carbocycles. The van der Waals surface area contributed by atoms with Crippen LogP contribution in [-0.2, 0) is 15.0 Å². The molecule has 0 unspecified atom stereocenters. The summed E-state index contributed by atoms with van der Waals surface area (Å²) in [4.78, 5) is 43.3. The number of hydroxylamine groups is 2. The smallest absolute Gasteiger partial charge is 0.326 e. The van der Waals surface area contributed by atoms with Gasteiger partial charge in [0.2, 0.25) is 0 Å². The Balaban J connectivity index is 1.62. The van der Waals surface area contributed by atoms with E-state index in [1.807, 2.05) is 92.4 Å². The van der Waals surface area contributed by atoms with Crippen molar-refractivity contribution < 1.29 is 19.2 Å². The summed E-state index contributed by atoms with van der Waals surface area (Å²) in [7, 11) is 3.03. The number of benzene rings is 3. The lowest BCUT2D eigenvalue weighted by Gasteiger charge is -2.39. The van der Waals surface area contributed by atoms with Gasteiger partial charge in [-0.2, -0.15) is 5.26 Å². The molecule has 48 heavy (non-hydrogen) atoms. The summed E-state index contributed by atoms with van der Waals surface area (Å²) in [5.74, 6) is 0.838. The molecule has 2 atom stereocenters. The van der Waals surface area contributed by atoms with Gasteiger partial charge in [0, 0.05) is 43.3 Å². The van der Waals surface area contributed by atoms with E-state index >= 15 is 0 Å². The SMILES string of the molecule is CCOc1ccc(C(C)(C)C#N)cc1C1=N[C@@H](c2ccc(Cl)cc2)[C@@H](c2ccc(Cl)cc2)N1C(=O)N1CCN(CC(=O)N(C)OC)CC1. The first-order chi connectivity index (χ1) is 23.0. The van der Waals surface area contributed by atoms with E-state index in [2.05, 4.69) is 6.07 Å². The number of hydrogen-bond acceptors (Lipinski definition) is 7. The third-order valence-electron chi connectivity index (χ3n) is 8.84. The number of rotatable bonds is 9. The third-order valence-corrected chi connectivity index (χ3v) is 9.35. The number of likely N-dealkylation sites (N-methyl/N-ethyl adjacent to an activating group) is 1. The molecule has 0 saturated carbocycles. The Morgan fingerprint density at radius 2 is 1.58 bits per heavy atom. The second-order valence-electron chi connectivity index (χ2n) is 12.3. The zero-order valence-electron chi connectivity index (χ0n) is 27.8. The van der Waals surface area contributed by atoms with Crippen molar-refractivity contribution in [2.24, 2.45) is 4.99 Å². The van der Waals surface area contributed by atoms with Gasteiger partial charge in [-0.15, -0.1) is 0 Å². The molecule has 3 aromatic rings. The lowest BCUT2D eigenvalue weighted by Crippen LogP contribution is -2.55. The molecule has 0 spiro atoms. The zero-order valence-corrected chi connectivity index (χ0v) is 29.3. The maximum atomic E-state index is 14.9. The number of nitriles is 1. The van der Waals surface area contributed by atoms with Crippen molar-refractivity contribution in [1.29, 1.82) is 5.26 Å². The first-order valence-electron chi connectivity index (χ1n) is 15.9. The molecular formula is C36H40Cl2N6O4. The standard InChI is InChI=1S/C36H40Cl2N6O4/c1-6-48-30-16-11-26(36(2,3)23-39)21-29(30)34-40-32(24-7-12-27(37)13-8-24)33(25-9-14-28(38)15-10-25)44(34)35(46)43-19-17-42(18-20-43)22-31(45)41(4)47-5/h7-16,21,32-33H,6,17-20,22H2,1-5H3/t32-,33+/m0/s1. The Morgan fingerprint density at radius 1 is 0.979 bits per heavy atom. The first kappa shape index (κ1) is 35.2. The summed E-state index contributed by atoms with van der Waals surface area (Å²) >= 11 is 12.6. The highest BCUT2D eigenvalue weighted by atomic mass is 35.5. The van der Waals surface area contributed by atoms with Gasteiger partial charge in [0.1, 0.15) is 17.6 Å². The van der Waals surface area contributed by atoms with Gasteiger partial charge in [0.25, 0.3) is 5.91 Å². The van der Waals surface area contributed by atoms with Crippen LogP contribution >= 0.6 is 23.2 Å². The molecular weight excluding hydrogens is 651 g/mol. The van der Waals surface area contributed by atoms with Gasteiger partial charge >= 0.3 is 6.03 Å². The largest absolute Gasteiger partial charge is 0.493 e. The number of piperazine rings is 1. The predicted molar refractivity (Wildman–Crippen MR) is 186 cm³/mol. The fourth-order valence-electron chi connectivity index (χ4n) is 5.94. The minimum atomic E-state index is -0.802. The quantitative estimate of drug-likeness (QED) is 0.238. The normalized spacial score (nSPS) is 18.3. The second-order valence-corrected chi connectivity index (χ2v) is 13.2. The van der Waals surface area contributed by atoms with Crippen LogP contribution in [0.2, 0.25) is 10.0 Å². The van der Waals surface area contributed by atoms with Gasteiger partial charge < -0.3 is 9.64 Å². The van der Waals surface area contributed by atoms with Crippen molar-refractivity contribution in [2.45, 2.75) is 38.3 Å². The van der Waals surface area contributed by atoms with E-state index in [1.165, 1.54) is 12.2 Å². The average molecular weight is 692 g/mol. The number of hydrogen-bond donors (Lipinski definition) is 0. The van der Waals surface area contributed by atoms with Crippen LogP contribution in [0.4, 0.5) is 4.79 Å². The molecule has 2 aliphatic heterocycles. The second kappa shape index (κ2) is 15.0. The number of urea groups is 1. The third kappa shape index (κ3) is 7.45. The summed E-state index contributed by atoms with van der Waals surface area (Å²) in [5, 5.41) is 12.4. The van der Waals surface area contributed by atoms with E-state index in [0.29, 0.717) is 60.0 Å². The van der Waals surface area contributed by atoms with Gasteiger partial charge in [-0.25, -0.2) is 9.86 Å². The molecule has 1 fully saturated rings. The maximum absolute atomic E-state index is 14.9. The fourth-order valence-corrected chi connectivity index (χ4v) is 6.19. The predicted octanol–water partition coefficient (Wildman–Crippen LogP) is 6.50. The van der Waals surface area contributed by atoms with Crippen LogP contribution in [0, 0.1) is 11.3 Å². The molecule has 0 N–H and O–H groups in total. The molecule has 2 aliphatic rings. The molecule has 252 valence electrons. The lowest BCUT2D eigenvalue weighted by molar-refractivity contribution is -0.170. The van der Waals surface area contributed by atoms with Crippen LogP contribution in [0.3, 0.4) is 0 Å². The summed E-state index contributed by atoms with van der Waals surface area (Å²) < 4.78 is 6.11. The topological polar surface area (TPSA) is 102 Å². The van der Waals surface area contributed by atoms with Gasteiger partial charge in [-0.1, -0.05) is 53.5 Å². The molecule has 1 saturated heterocycles. The van der Waals surface area contributed by atoms with Crippen LogP contribution in [0.1, 0.15) is 55.1 Å². The van der Waals surface area contributed by atoms with Gasteiger partial charge in [-0.05, 0) is 73.9 Å². The molecule has 12 heteroatoms. The highest BCUT2D eigenvalue weighted by Gasteiger charge is 2.45. The van der Waals surface area contributed by atoms with Gasteiger partial charge in [0.15, 0.2) is 0 Å². The number of nitrogens with zero attached hydrogens (tertiary/aromatic N) is 6. The van der Waals surface area contributed by atoms with Crippen LogP contribution in [0.15, 0.2) is 71.7 Å². The molecule has 0 radical (unpaired) electrons. The van der Waals surface area contributed by atoms with Gasteiger partial charge in [0.05, 0.1) is 43.4 Å². The van der Waals surface area contributed by atoms with Crippen LogP contribution < -0.4 is 4.74 Å². The van der Waals surface area contributed by atoms with Crippen LogP contribution in [-0.4, -0.2) is 91.0 Å². The van der Waals surface area contributed by atoms with Crippen molar-refractivity contribution in [3.63, 3.8) is 0 Å². The van der Waals surface area contributed by atoms with Crippen LogP contribution in [0.5, 0.6) is 5.75 Å². The number of amides is 3. The van der Waals surface area contributed by atoms with Crippen molar-refractivity contribution >= 4 is 41.0 Å². The Morgan fingerprint density at radius 3 is 2.15 bits per heavy atom.